The molecule has 1 aliphatic heterocycles. The zero-order valence-corrected chi connectivity index (χ0v) is 20.1. The van der Waals surface area contributed by atoms with Gasteiger partial charge in [0.15, 0.2) is 0 Å². The van der Waals surface area contributed by atoms with Crippen molar-refractivity contribution in [2.75, 3.05) is 33.7 Å². The number of benzene rings is 1. The first-order valence-corrected chi connectivity index (χ1v) is 12.9. The van der Waals surface area contributed by atoms with Crippen LogP contribution in [0.4, 0.5) is 4.79 Å². The average Bonchev–Trinajstić information content (AvgIpc) is 2.99. The highest BCUT2D eigenvalue weighted by molar-refractivity contribution is 5.78. The molecule has 0 bridgehead atoms. The predicted molar refractivity (Wildman–Crippen MR) is 127 cm³/mol. The summed E-state index contributed by atoms with van der Waals surface area (Å²) in [7, 11) is 4.42. The summed E-state index contributed by atoms with van der Waals surface area (Å²) in [6.07, 6.45) is 11.8. The van der Waals surface area contributed by atoms with Crippen molar-refractivity contribution in [3.05, 3.63) is 35.9 Å². The van der Waals surface area contributed by atoms with E-state index >= 15 is 0 Å². The van der Waals surface area contributed by atoms with Crippen molar-refractivity contribution in [1.82, 2.24) is 14.7 Å². The minimum absolute atomic E-state index is 0.0385. The van der Waals surface area contributed by atoms with Crippen LogP contribution in [0.15, 0.2) is 30.3 Å². The largest absolute Gasteiger partial charge is 0.390 e. The Balaban J connectivity index is 1.35. The van der Waals surface area contributed by atoms with E-state index in [2.05, 4.69) is 59.1 Å². The summed E-state index contributed by atoms with van der Waals surface area (Å²) in [5, 5.41) is 10.6. The molecule has 32 heavy (non-hydrogen) atoms. The van der Waals surface area contributed by atoms with Crippen LogP contribution in [0.1, 0.15) is 76.2 Å². The van der Waals surface area contributed by atoms with E-state index in [1.165, 1.54) is 24.8 Å². The number of nitrogens with zero attached hydrogens (tertiary/aromatic N) is 3. The molecule has 5 nitrogen and oxygen atoms in total. The first-order chi connectivity index (χ1) is 15.4. The highest BCUT2D eigenvalue weighted by Gasteiger charge is 2.55. The van der Waals surface area contributed by atoms with Crippen molar-refractivity contribution in [2.24, 2.45) is 5.92 Å². The number of hydrogen-bond acceptors (Lipinski definition) is 3. The molecule has 5 heteroatoms. The maximum atomic E-state index is 13.6. The lowest BCUT2D eigenvalue weighted by molar-refractivity contribution is -0.0440. The molecule has 4 fully saturated rings. The second kappa shape index (κ2) is 8.32. The summed E-state index contributed by atoms with van der Waals surface area (Å²) in [6, 6.07) is 11.2. The van der Waals surface area contributed by atoms with E-state index in [4.69, 9.17) is 0 Å². The number of rotatable bonds is 7. The maximum absolute atomic E-state index is 13.6. The van der Waals surface area contributed by atoms with Gasteiger partial charge in [0.1, 0.15) is 0 Å². The molecule has 2 amide bonds. The van der Waals surface area contributed by atoms with Gasteiger partial charge in [-0.05, 0) is 89.8 Å². The van der Waals surface area contributed by atoms with Crippen molar-refractivity contribution in [3.63, 3.8) is 0 Å². The van der Waals surface area contributed by atoms with Crippen LogP contribution in [0.25, 0.3) is 0 Å². The lowest BCUT2D eigenvalue weighted by Crippen LogP contribution is -2.56. The molecule has 3 aliphatic carbocycles. The van der Waals surface area contributed by atoms with Crippen molar-refractivity contribution >= 4 is 6.03 Å². The van der Waals surface area contributed by atoms with E-state index in [0.717, 1.165) is 64.5 Å². The van der Waals surface area contributed by atoms with Crippen LogP contribution in [-0.2, 0) is 5.54 Å². The summed E-state index contributed by atoms with van der Waals surface area (Å²) in [5.41, 5.74) is 0.892. The van der Waals surface area contributed by atoms with Crippen LogP contribution < -0.4 is 0 Å². The minimum Gasteiger partial charge on any atom is -0.390 e. The fraction of sp³-hybridized carbons (Fsp3) is 0.741. The van der Waals surface area contributed by atoms with E-state index in [-0.39, 0.29) is 17.1 Å². The van der Waals surface area contributed by atoms with Crippen LogP contribution in [0.3, 0.4) is 0 Å². The van der Waals surface area contributed by atoms with Crippen molar-refractivity contribution in [1.29, 1.82) is 0 Å². The molecular weight excluding hydrogens is 398 g/mol. The third-order valence-electron chi connectivity index (χ3n) is 9.53. The molecule has 1 heterocycles. The molecule has 0 radical (unpaired) electrons. The molecule has 0 unspecified atom stereocenters. The Bertz CT molecular complexity index is 807. The Kier molecular flexibility index (Phi) is 5.78. The molecule has 1 aromatic carbocycles. The molecule has 4 aliphatic rings. The SMILES string of the molecule is CN(C)[C@]1(c2ccccc2)CC[C@]2(CC1)CN(CCC1(O)CCC1)C(=O)N2CC1CCC1. The molecular formula is C27H41N3O2. The molecule has 0 aromatic heterocycles. The van der Waals surface area contributed by atoms with Crippen LogP contribution in [-0.4, -0.2) is 70.7 Å². The quantitative estimate of drug-likeness (QED) is 0.675. The molecule has 1 saturated heterocycles. The van der Waals surface area contributed by atoms with Gasteiger partial charge in [-0.25, -0.2) is 4.79 Å². The van der Waals surface area contributed by atoms with Crippen LogP contribution in [0.2, 0.25) is 0 Å². The number of carbonyl (C=O) groups excluding carboxylic acids is 1. The Morgan fingerprint density at radius 2 is 1.69 bits per heavy atom. The van der Waals surface area contributed by atoms with E-state index < -0.39 is 5.60 Å². The first kappa shape index (κ1) is 22.2. The summed E-state index contributed by atoms with van der Waals surface area (Å²) >= 11 is 0. The highest BCUT2D eigenvalue weighted by Crippen LogP contribution is 2.50. The zero-order chi connectivity index (χ0) is 22.4. The lowest BCUT2D eigenvalue weighted by Gasteiger charge is -2.51. The second-order valence-electron chi connectivity index (χ2n) is 11.5. The fourth-order valence-electron chi connectivity index (χ4n) is 6.74. The lowest BCUT2D eigenvalue weighted by atomic mass is 9.68. The Morgan fingerprint density at radius 3 is 2.22 bits per heavy atom. The van der Waals surface area contributed by atoms with Gasteiger partial charge in [-0.15, -0.1) is 0 Å². The molecule has 1 N–H and O–H groups in total. The van der Waals surface area contributed by atoms with E-state index in [9.17, 15) is 9.90 Å². The van der Waals surface area contributed by atoms with Crippen molar-refractivity contribution in [3.8, 4) is 0 Å². The predicted octanol–water partition coefficient (Wildman–Crippen LogP) is 4.60. The molecule has 1 spiro atoms. The van der Waals surface area contributed by atoms with Crippen molar-refractivity contribution < 1.29 is 9.90 Å². The van der Waals surface area contributed by atoms with Crippen molar-refractivity contribution in [2.45, 2.75) is 87.3 Å². The molecule has 0 atom stereocenters. The summed E-state index contributed by atoms with van der Waals surface area (Å²) in [6.45, 7) is 2.47. The number of amides is 2. The second-order valence-corrected chi connectivity index (χ2v) is 11.5. The van der Waals surface area contributed by atoms with E-state index in [1.807, 2.05) is 0 Å². The van der Waals surface area contributed by atoms with Gasteiger partial charge in [0.2, 0.25) is 0 Å². The van der Waals surface area contributed by atoms with Gasteiger partial charge in [0, 0.05) is 25.2 Å². The number of carbonyl (C=O) groups is 1. The van der Waals surface area contributed by atoms with E-state index in [1.54, 1.807) is 0 Å². The Labute approximate surface area is 193 Å². The third-order valence-corrected chi connectivity index (χ3v) is 9.53. The summed E-state index contributed by atoms with van der Waals surface area (Å²) in [5.74, 6) is 0.682. The summed E-state index contributed by atoms with van der Waals surface area (Å²) in [4.78, 5) is 20.4. The van der Waals surface area contributed by atoms with Gasteiger partial charge in [-0.3, -0.25) is 4.90 Å². The average molecular weight is 440 g/mol. The molecule has 3 saturated carbocycles. The van der Waals surface area contributed by atoms with Crippen LogP contribution in [0, 0.1) is 5.92 Å². The fourth-order valence-corrected chi connectivity index (χ4v) is 6.74. The molecule has 5 rings (SSSR count). The van der Waals surface area contributed by atoms with Gasteiger partial charge < -0.3 is 14.9 Å². The standard InChI is InChI=1S/C27H41N3O2/c1-28(2)27(23-10-4-3-5-11-23)16-14-25(15-17-27)21-29(19-18-26(32)12-7-13-26)24(31)30(25)20-22-8-6-9-22/h3-5,10-11,22,32H,6-9,12-21H2,1-2H3/t25-,27+. The molecule has 176 valence electrons. The Hall–Kier alpha value is -1.59. The Morgan fingerprint density at radius 1 is 1.00 bits per heavy atom. The number of urea groups is 1. The monoisotopic (exact) mass is 439 g/mol. The topological polar surface area (TPSA) is 47.0 Å². The van der Waals surface area contributed by atoms with E-state index in [0.29, 0.717) is 12.5 Å². The normalized spacial score (nSPS) is 32.4. The first-order valence-electron chi connectivity index (χ1n) is 12.9. The molecule has 1 aromatic rings. The van der Waals surface area contributed by atoms with Gasteiger partial charge in [0.25, 0.3) is 0 Å². The van der Waals surface area contributed by atoms with Crippen LogP contribution in [0.5, 0.6) is 0 Å². The highest BCUT2D eigenvalue weighted by atomic mass is 16.3. The minimum atomic E-state index is -0.519. The third kappa shape index (κ3) is 3.75. The van der Waals surface area contributed by atoms with Gasteiger partial charge >= 0.3 is 6.03 Å². The summed E-state index contributed by atoms with van der Waals surface area (Å²) < 4.78 is 0. The van der Waals surface area contributed by atoms with Crippen LogP contribution >= 0.6 is 0 Å². The number of hydrogen-bond donors (Lipinski definition) is 1. The number of aliphatic hydroxyl groups is 1. The zero-order valence-electron chi connectivity index (χ0n) is 20.1. The maximum Gasteiger partial charge on any atom is 0.320 e. The van der Waals surface area contributed by atoms with Gasteiger partial charge in [0.05, 0.1) is 11.1 Å². The van der Waals surface area contributed by atoms with Gasteiger partial charge in [-0.1, -0.05) is 36.8 Å². The van der Waals surface area contributed by atoms with Gasteiger partial charge in [-0.2, -0.15) is 0 Å². The smallest absolute Gasteiger partial charge is 0.320 e.